The molecule has 0 spiro atoms. The molecular formula is C19H20N4. The van der Waals surface area contributed by atoms with Crippen LogP contribution in [0.15, 0.2) is 49.4 Å². The maximum atomic E-state index is 6.05. The first-order valence-corrected chi connectivity index (χ1v) is 8.06. The summed E-state index contributed by atoms with van der Waals surface area (Å²) in [7, 11) is 0. The van der Waals surface area contributed by atoms with Crippen molar-refractivity contribution in [3.8, 4) is 0 Å². The Morgan fingerprint density at radius 1 is 1.17 bits per heavy atom. The summed E-state index contributed by atoms with van der Waals surface area (Å²) in [4.78, 5) is 8.60. The Balaban J connectivity index is 1.71. The fourth-order valence-corrected chi connectivity index (χ4v) is 3.81. The summed E-state index contributed by atoms with van der Waals surface area (Å²) in [5.41, 5.74) is 9.42. The summed E-state index contributed by atoms with van der Waals surface area (Å²) >= 11 is 0. The normalized spacial score (nSPS) is 20.9. The summed E-state index contributed by atoms with van der Waals surface area (Å²) in [5.74, 6) is 1.14. The Labute approximate surface area is 135 Å². The summed E-state index contributed by atoms with van der Waals surface area (Å²) in [6, 6.07) is 11.2. The fourth-order valence-electron chi connectivity index (χ4n) is 3.81. The van der Waals surface area contributed by atoms with Gasteiger partial charge in [0.2, 0.25) is 0 Å². The number of benzene rings is 1. The number of nitrogens with two attached hydrogens (primary N) is 1. The van der Waals surface area contributed by atoms with Gasteiger partial charge in [-0.25, -0.2) is 9.97 Å². The third-order valence-corrected chi connectivity index (χ3v) is 4.96. The van der Waals surface area contributed by atoms with Crippen LogP contribution in [0.5, 0.6) is 0 Å². The highest BCUT2D eigenvalue weighted by atomic mass is 15.1. The van der Waals surface area contributed by atoms with Gasteiger partial charge in [-0.3, -0.25) is 0 Å². The number of aromatic nitrogens is 3. The van der Waals surface area contributed by atoms with Crippen LogP contribution in [0.2, 0.25) is 0 Å². The molecule has 4 heteroatoms. The Bertz CT molecular complexity index is 850. The Hall–Kier alpha value is -2.62. The first-order valence-electron chi connectivity index (χ1n) is 8.06. The third kappa shape index (κ3) is 2.31. The maximum absolute atomic E-state index is 6.05. The monoisotopic (exact) mass is 304 g/mol. The molecule has 0 radical (unpaired) electrons. The highest BCUT2D eigenvalue weighted by molar-refractivity contribution is 5.94. The van der Waals surface area contributed by atoms with Crippen molar-refractivity contribution >= 4 is 22.9 Å². The van der Waals surface area contributed by atoms with Crippen LogP contribution in [-0.4, -0.2) is 14.5 Å². The molecule has 4 nitrogen and oxygen atoms in total. The second-order valence-corrected chi connectivity index (χ2v) is 6.23. The fraction of sp³-hybridized carbons (Fsp3) is 0.263. The molecule has 1 aliphatic carbocycles. The van der Waals surface area contributed by atoms with Crippen LogP contribution in [0.1, 0.15) is 42.3 Å². The van der Waals surface area contributed by atoms with Crippen LogP contribution in [-0.2, 0) is 0 Å². The van der Waals surface area contributed by atoms with E-state index in [4.69, 9.17) is 5.73 Å². The van der Waals surface area contributed by atoms with Gasteiger partial charge < -0.3 is 10.3 Å². The van der Waals surface area contributed by atoms with Crippen LogP contribution in [0.25, 0.3) is 17.1 Å². The van der Waals surface area contributed by atoms with Crippen molar-refractivity contribution in [2.24, 2.45) is 0 Å². The largest absolute Gasteiger partial charge is 0.383 e. The maximum Gasteiger partial charge on any atom is 0.146 e. The van der Waals surface area contributed by atoms with Crippen LogP contribution in [0, 0.1) is 0 Å². The molecule has 2 unspecified atom stereocenters. The molecule has 2 atom stereocenters. The molecule has 0 bridgehead atoms. The van der Waals surface area contributed by atoms with Crippen molar-refractivity contribution < 1.29 is 0 Å². The van der Waals surface area contributed by atoms with Crippen molar-refractivity contribution in [2.45, 2.75) is 31.2 Å². The summed E-state index contributed by atoms with van der Waals surface area (Å²) < 4.78 is 2.27. The Morgan fingerprint density at radius 3 is 2.78 bits per heavy atom. The van der Waals surface area contributed by atoms with Gasteiger partial charge in [0.05, 0.1) is 5.39 Å². The minimum absolute atomic E-state index is 0.450. The van der Waals surface area contributed by atoms with Gasteiger partial charge in [0, 0.05) is 17.8 Å². The second-order valence-electron chi connectivity index (χ2n) is 6.23. The van der Waals surface area contributed by atoms with E-state index in [1.54, 1.807) is 6.33 Å². The zero-order valence-corrected chi connectivity index (χ0v) is 13.0. The molecule has 1 aliphatic rings. The van der Waals surface area contributed by atoms with Crippen LogP contribution < -0.4 is 5.73 Å². The lowest BCUT2D eigenvalue weighted by atomic mass is 9.98. The van der Waals surface area contributed by atoms with Gasteiger partial charge in [0.15, 0.2) is 0 Å². The lowest BCUT2D eigenvalue weighted by molar-refractivity contribution is 0.523. The molecule has 23 heavy (non-hydrogen) atoms. The minimum Gasteiger partial charge on any atom is -0.383 e. The first-order chi connectivity index (χ1) is 11.3. The molecule has 1 aromatic carbocycles. The molecule has 116 valence electrons. The number of rotatable bonds is 3. The summed E-state index contributed by atoms with van der Waals surface area (Å²) in [6.07, 6.45) is 9.00. The average Bonchev–Trinajstić information content (AvgIpc) is 3.20. The zero-order chi connectivity index (χ0) is 15.8. The van der Waals surface area contributed by atoms with Gasteiger partial charge in [0.1, 0.15) is 17.8 Å². The van der Waals surface area contributed by atoms with Crippen molar-refractivity contribution in [1.29, 1.82) is 0 Å². The zero-order valence-electron chi connectivity index (χ0n) is 13.0. The van der Waals surface area contributed by atoms with Crippen LogP contribution in [0.4, 0.5) is 5.82 Å². The van der Waals surface area contributed by atoms with Gasteiger partial charge in [-0.15, -0.1) is 0 Å². The molecule has 2 N–H and O–H groups in total. The number of hydrogen-bond donors (Lipinski definition) is 1. The molecule has 1 fully saturated rings. The lowest BCUT2D eigenvalue weighted by Crippen LogP contribution is -2.05. The SMILES string of the molecule is C=Cc1cn(C2CCC(c3ccccc3)C2)c2ncnc(N)c12. The molecule has 0 aliphatic heterocycles. The molecule has 0 amide bonds. The molecule has 4 rings (SSSR count). The van der Waals surface area contributed by atoms with E-state index in [0.717, 1.165) is 29.4 Å². The van der Waals surface area contributed by atoms with Crippen LogP contribution >= 0.6 is 0 Å². The molecule has 0 saturated heterocycles. The van der Waals surface area contributed by atoms with Gasteiger partial charge >= 0.3 is 0 Å². The van der Waals surface area contributed by atoms with Gasteiger partial charge in [0.25, 0.3) is 0 Å². The van der Waals surface area contributed by atoms with E-state index in [1.165, 1.54) is 12.0 Å². The van der Waals surface area contributed by atoms with Gasteiger partial charge in [-0.2, -0.15) is 0 Å². The average molecular weight is 304 g/mol. The smallest absolute Gasteiger partial charge is 0.146 e. The predicted molar refractivity (Wildman–Crippen MR) is 94.1 cm³/mol. The predicted octanol–water partition coefficient (Wildman–Crippen LogP) is 4.17. The van der Waals surface area contributed by atoms with E-state index in [9.17, 15) is 0 Å². The molecule has 2 heterocycles. The lowest BCUT2D eigenvalue weighted by Gasteiger charge is -2.14. The number of hydrogen-bond acceptors (Lipinski definition) is 3. The summed E-state index contributed by atoms with van der Waals surface area (Å²) in [6.45, 7) is 3.90. The highest BCUT2D eigenvalue weighted by Gasteiger charge is 2.28. The van der Waals surface area contributed by atoms with Gasteiger partial charge in [-0.05, 0) is 30.7 Å². The molecular weight excluding hydrogens is 284 g/mol. The van der Waals surface area contributed by atoms with Crippen molar-refractivity contribution in [2.75, 3.05) is 5.73 Å². The van der Waals surface area contributed by atoms with Gasteiger partial charge in [-0.1, -0.05) is 43.0 Å². The molecule has 1 saturated carbocycles. The Morgan fingerprint density at radius 2 is 2.00 bits per heavy atom. The first kappa shape index (κ1) is 14.0. The highest BCUT2D eigenvalue weighted by Crippen LogP contribution is 2.42. The number of fused-ring (bicyclic) bond motifs is 1. The summed E-state index contributed by atoms with van der Waals surface area (Å²) in [5, 5.41) is 0.922. The van der Waals surface area contributed by atoms with E-state index >= 15 is 0 Å². The topological polar surface area (TPSA) is 56.7 Å². The van der Waals surface area contributed by atoms with E-state index in [2.05, 4.69) is 57.6 Å². The standard InChI is InChI=1S/C19H20N4/c1-2-13-11-23(19-17(13)18(20)21-12-22-19)16-9-8-15(10-16)14-6-4-3-5-7-14/h2-7,11-12,15-16H,1,8-10H2,(H2,20,21,22). The van der Waals surface area contributed by atoms with Crippen molar-refractivity contribution in [1.82, 2.24) is 14.5 Å². The Kier molecular flexibility index (Phi) is 3.37. The number of nitrogens with zero attached hydrogens (tertiary/aromatic N) is 3. The minimum atomic E-state index is 0.450. The van der Waals surface area contributed by atoms with E-state index in [0.29, 0.717) is 17.8 Å². The van der Waals surface area contributed by atoms with E-state index in [1.807, 2.05) is 6.08 Å². The van der Waals surface area contributed by atoms with E-state index < -0.39 is 0 Å². The molecule has 3 aromatic rings. The number of anilines is 1. The number of nitrogen functional groups attached to an aromatic ring is 1. The van der Waals surface area contributed by atoms with E-state index in [-0.39, 0.29) is 0 Å². The van der Waals surface area contributed by atoms with Crippen LogP contribution in [0.3, 0.4) is 0 Å². The molecule has 2 aromatic heterocycles. The quantitative estimate of drug-likeness (QED) is 0.790. The second kappa shape index (κ2) is 5.54. The van der Waals surface area contributed by atoms with Crippen molar-refractivity contribution in [3.63, 3.8) is 0 Å². The van der Waals surface area contributed by atoms with Crippen molar-refractivity contribution in [3.05, 3.63) is 60.6 Å². The third-order valence-electron chi connectivity index (χ3n) is 4.96.